The molecule has 0 aliphatic rings. The number of hydrogen-bond acceptors (Lipinski definition) is 2. The van der Waals surface area contributed by atoms with Gasteiger partial charge in [-0.2, -0.15) is 0 Å². The van der Waals surface area contributed by atoms with Crippen LogP contribution in [0.1, 0.15) is 20.8 Å². The summed E-state index contributed by atoms with van der Waals surface area (Å²) in [7, 11) is 0. The van der Waals surface area contributed by atoms with E-state index in [1.54, 1.807) is 0 Å². The molecule has 0 aliphatic carbocycles. The van der Waals surface area contributed by atoms with Crippen LogP contribution >= 0.6 is 0 Å². The molecule has 0 atom stereocenters. The quantitative estimate of drug-likeness (QED) is 0.600. The third-order valence-corrected chi connectivity index (χ3v) is 1.22. The van der Waals surface area contributed by atoms with Gasteiger partial charge in [0.2, 0.25) is 5.91 Å². The summed E-state index contributed by atoms with van der Waals surface area (Å²) in [6, 6.07) is 0. The van der Waals surface area contributed by atoms with Gasteiger partial charge in [0.1, 0.15) is 0 Å². The van der Waals surface area contributed by atoms with E-state index in [0.717, 1.165) is 0 Å². The van der Waals surface area contributed by atoms with Crippen molar-refractivity contribution in [2.24, 2.45) is 5.41 Å². The second kappa shape index (κ2) is 4.69. The van der Waals surface area contributed by atoms with Crippen molar-refractivity contribution in [2.75, 3.05) is 13.1 Å². The summed E-state index contributed by atoms with van der Waals surface area (Å²) in [5.41, 5.74) is 0.0128. The molecule has 0 saturated carbocycles. The predicted octanol–water partition coefficient (Wildman–Crippen LogP) is 0.416. The molecular weight excluding hydrogens is 172 g/mol. The summed E-state index contributed by atoms with van der Waals surface area (Å²) >= 11 is 0. The lowest BCUT2D eigenvalue weighted by atomic mass is 9.97. The van der Waals surface area contributed by atoms with Gasteiger partial charge in [-0.25, -0.2) is 4.79 Å². The zero-order valence-corrected chi connectivity index (χ0v) is 8.18. The molecule has 0 aromatic heterocycles. The van der Waals surface area contributed by atoms with Gasteiger partial charge in [-0.15, -0.1) is 0 Å². The Kier molecular flexibility index (Phi) is 4.23. The maximum Gasteiger partial charge on any atom is 0.405 e. The first-order valence-corrected chi connectivity index (χ1v) is 4.05. The SMILES string of the molecule is CC(C)(C)CNC(=O)CNC(=O)O. The summed E-state index contributed by atoms with van der Waals surface area (Å²) in [5.74, 6) is -0.308. The fourth-order valence-electron chi connectivity index (χ4n) is 0.582. The van der Waals surface area contributed by atoms with E-state index in [0.29, 0.717) is 6.54 Å². The monoisotopic (exact) mass is 188 g/mol. The third-order valence-electron chi connectivity index (χ3n) is 1.22. The highest BCUT2D eigenvalue weighted by Crippen LogP contribution is 2.09. The van der Waals surface area contributed by atoms with Crippen LogP contribution in [0.15, 0.2) is 0 Å². The number of amides is 2. The Hall–Kier alpha value is -1.26. The number of hydrogen-bond donors (Lipinski definition) is 3. The van der Waals surface area contributed by atoms with Crippen LogP contribution in [0, 0.1) is 5.41 Å². The Labute approximate surface area is 77.5 Å². The second-order valence-corrected chi connectivity index (χ2v) is 4.00. The molecule has 0 saturated heterocycles. The highest BCUT2D eigenvalue weighted by molar-refractivity contribution is 5.81. The van der Waals surface area contributed by atoms with E-state index in [9.17, 15) is 9.59 Å². The van der Waals surface area contributed by atoms with Gasteiger partial charge < -0.3 is 15.7 Å². The summed E-state index contributed by atoms with van der Waals surface area (Å²) in [6.07, 6.45) is -1.19. The van der Waals surface area contributed by atoms with Crippen LogP contribution in [0.25, 0.3) is 0 Å². The van der Waals surface area contributed by atoms with Gasteiger partial charge in [0, 0.05) is 6.54 Å². The van der Waals surface area contributed by atoms with E-state index in [1.165, 1.54) is 0 Å². The minimum absolute atomic E-state index is 0.0128. The lowest BCUT2D eigenvalue weighted by Gasteiger charge is -2.18. The molecule has 13 heavy (non-hydrogen) atoms. The predicted molar refractivity (Wildman–Crippen MR) is 48.5 cm³/mol. The first-order valence-electron chi connectivity index (χ1n) is 4.05. The lowest BCUT2D eigenvalue weighted by molar-refractivity contribution is -0.120. The van der Waals surface area contributed by atoms with Gasteiger partial charge in [0.25, 0.3) is 0 Å². The van der Waals surface area contributed by atoms with Gasteiger partial charge in [-0.1, -0.05) is 20.8 Å². The van der Waals surface area contributed by atoms with E-state index in [1.807, 2.05) is 26.1 Å². The van der Waals surface area contributed by atoms with Crippen molar-refractivity contribution in [1.82, 2.24) is 10.6 Å². The molecule has 0 bridgehead atoms. The second-order valence-electron chi connectivity index (χ2n) is 4.00. The summed E-state index contributed by atoms with van der Waals surface area (Å²) in [5, 5.41) is 12.8. The molecule has 76 valence electrons. The average molecular weight is 188 g/mol. The topological polar surface area (TPSA) is 78.4 Å². The summed E-state index contributed by atoms with van der Waals surface area (Å²) in [4.78, 5) is 21.0. The average Bonchev–Trinajstić information content (AvgIpc) is 1.95. The fraction of sp³-hybridized carbons (Fsp3) is 0.750. The maximum atomic E-state index is 11.0. The molecule has 0 aromatic carbocycles. The number of carbonyl (C=O) groups is 2. The minimum atomic E-state index is -1.19. The van der Waals surface area contributed by atoms with Crippen LogP contribution in [0.2, 0.25) is 0 Å². The van der Waals surface area contributed by atoms with Crippen molar-refractivity contribution in [3.8, 4) is 0 Å². The molecule has 0 unspecified atom stereocenters. The molecule has 3 N–H and O–H groups in total. The molecule has 0 radical (unpaired) electrons. The van der Waals surface area contributed by atoms with Crippen LogP contribution in [-0.2, 0) is 4.79 Å². The van der Waals surface area contributed by atoms with E-state index in [-0.39, 0.29) is 17.9 Å². The number of carboxylic acid groups (broad SMARTS) is 1. The Morgan fingerprint density at radius 2 is 1.77 bits per heavy atom. The van der Waals surface area contributed by atoms with Gasteiger partial charge in [-0.05, 0) is 5.41 Å². The fourth-order valence-corrected chi connectivity index (χ4v) is 0.582. The Morgan fingerprint density at radius 1 is 1.23 bits per heavy atom. The molecule has 5 heteroatoms. The third kappa shape index (κ3) is 8.65. The largest absolute Gasteiger partial charge is 0.465 e. The highest BCUT2D eigenvalue weighted by atomic mass is 16.4. The van der Waals surface area contributed by atoms with E-state index in [4.69, 9.17) is 5.11 Å². The van der Waals surface area contributed by atoms with Crippen molar-refractivity contribution in [3.63, 3.8) is 0 Å². The molecule has 0 fully saturated rings. The first kappa shape index (κ1) is 11.7. The van der Waals surface area contributed by atoms with Crippen LogP contribution in [0.3, 0.4) is 0 Å². The number of nitrogens with one attached hydrogen (secondary N) is 2. The van der Waals surface area contributed by atoms with Crippen molar-refractivity contribution in [3.05, 3.63) is 0 Å². The molecule has 0 spiro atoms. The Morgan fingerprint density at radius 3 is 2.15 bits per heavy atom. The number of carbonyl (C=O) groups excluding carboxylic acids is 1. The zero-order chi connectivity index (χ0) is 10.5. The van der Waals surface area contributed by atoms with Gasteiger partial charge in [0.15, 0.2) is 0 Å². The van der Waals surface area contributed by atoms with Crippen LogP contribution in [0.5, 0.6) is 0 Å². The highest BCUT2D eigenvalue weighted by Gasteiger charge is 2.11. The molecule has 0 rings (SSSR count). The molecule has 0 aromatic rings. The van der Waals surface area contributed by atoms with Gasteiger partial charge >= 0.3 is 6.09 Å². The zero-order valence-electron chi connectivity index (χ0n) is 8.18. The van der Waals surface area contributed by atoms with Gasteiger partial charge in [0.05, 0.1) is 6.54 Å². The lowest BCUT2D eigenvalue weighted by Crippen LogP contribution is -2.39. The standard InChI is InChI=1S/C8H16N2O3/c1-8(2,3)5-10-6(11)4-9-7(12)13/h9H,4-5H2,1-3H3,(H,10,11)(H,12,13). The van der Waals surface area contributed by atoms with Crippen molar-refractivity contribution in [1.29, 1.82) is 0 Å². The Bertz CT molecular complexity index is 196. The van der Waals surface area contributed by atoms with Crippen molar-refractivity contribution < 1.29 is 14.7 Å². The van der Waals surface area contributed by atoms with Crippen LogP contribution < -0.4 is 10.6 Å². The molecular formula is C8H16N2O3. The normalized spacial score (nSPS) is 10.7. The minimum Gasteiger partial charge on any atom is -0.465 e. The van der Waals surface area contributed by atoms with Crippen molar-refractivity contribution in [2.45, 2.75) is 20.8 Å². The molecule has 0 heterocycles. The first-order chi connectivity index (χ1) is 5.81. The summed E-state index contributed by atoms with van der Waals surface area (Å²) < 4.78 is 0. The number of rotatable bonds is 3. The van der Waals surface area contributed by atoms with Crippen LogP contribution in [-0.4, -0.2) is 30.2 Å². The van der Waals surface area contributed by atoms with Crippen LogP contribution in [0.4, 0.5) is 4.79 Å². The maximum absolute atomic E-state index is 11.0. The van der Waals surface area contributed by atoms with E-state index < -0.39 is 6.09 Å². The summed E-state index contributed by atoms with van der Waals surface area (Å²) in [6.45, 7) is 6.30. The van der Waals surface area contributed by atoms with Gasteiger partial charge in [-0.3, -0.25) is 4.79 Å². The molecule has 0 aliphatic heterocycles. The van der Waals surface area contributed by atoms with Crippen molar-refractivity contribution >= 4 is 12.0 Å². The van der Waals surface area contributed by atoms with E-state index in [2.05, 4.69) is 5.32 Å². The molecule has 5 nitrogen and oxygen atoms in total. The molecule has 2 amide bonds. The Balaban J connectivity index is 3.58. The van der Waals surface area contributed by atoms with E-state index >= 15 is 0 Å². The smallest absolute Gasteiger partial charge is 0.405 e.